The van der Waals surface area contributed by atoms with Gasteiger partial charge in [0.15, 0.2) is 0 Å². The van der Waals surface area contributed by atoms with Gasteiger partial charge in [0.1, 0.15) is 0 Å². The highest BCUT2D eigenvalue weighted by molar-refractivity contribution is 6.58. The first-order valence-electron chi connectivity index (χ1n) is 5.77. The van der Waals surface area contributed by atoms with E-state index in [2.05, 4.69) is 0 Å². The standard InChI is InChI=1S/C11H15BN2O4/c15-11(13-4-6-14(18)7-5-13)9-2-1-3-10(8-9)12(16)17/h1-3,8,16-18H,4-7H2. The van der Waals surface area contributed by atoms with Crippen molar-refractivity contribution in [1.29, 1.82) is 0 Å². The molecule has 0 atom stereocenters. The smallest absolute Gasteiger partial charge is 0.423 e. The van der Waals surface area contributed by atoms with Crippen LogP contribution in [-0.2, 0) is 0 Å². The number of benzene rings is 1. The summed E-state index contributed by atoms with van der Waals surface area (Å²) in [6.45, 7) is 1.77. The third-order valence-corrected chi connectivity index (χ3v) is 2.97. The lowest BCUT2D eigenvalue weighted by atomic mass is 9.79. The molecule has 1 aliphatic rings. The van der Waals surface area contributed by atoms with Crippen LogP contribution in [0.1, 0.15) is 10.4 Å². The summed E-state index contributed by atoms with van der Waals surface area (Å²) in [7, 11) is -1.58. The molecule has 1 heterocycles. The van der Waals surface area contributed by atoms with Crippen LogP contribution in [0.4, 0.5) is 0 Å². The average Bonchev–Trinajstić information content (AvgIpc) is 2.39. The minimum Gasteiger partial charge on any atom is -0.423 e. The quantitative estimate of drug-likeness (QED) is 0.557. The molecule has 1 amide bonds. The lowest BCUT2D eigenvalue weighted by molar-refractivity contribution is -0.112. The van der Waals surface area contributed by atoms with E-state index in [1.165, 1.54) is 11.1 Å². The number of rotatable bonds is 2. The Morgan fingerprint density at radius 3 is 2.44 bits per heavy atom. The Hall–Kier alpha value is -1.41. The molecule has 3 N–H and O–H groups in total. The van der Waals surface area contributed by atoms with Crippen LogP contribution >= 0.6 is 0 Å². The van der Waals surface area contributed by atoms with Gasteiger partial charge < -0.3 is 20.2 Å². The van der Waals surface area contributed by atoms with Crippen molar-refractivity contribution >= 4 is 18.5 Å². The van der Waals surface area contributed by atoms with Gasteiger partial charge in [0.25, 0.3) is 5.91 Å². The highest BCUT2D eigenvalue weighted by Crippen LogP contribution is 2.07. The fourth-order valence-corrected chi connectivity index (χ4v) is 1.91. The molecule has 0 bridgehead atoms. The number of hydrogen-bond donors (Lipinski definition) is 3. The van der Waals surface area contributed by atoms with Crippen LogP contribution in [0.5, 0.6) is 0 Å². The maximum Gasteiger partial charge on any atom is 0.488 e. The molecule has 0 spiro atoms. The predicted octanol–water partition coefficient (Wildman–Crippen LogP) is -1.49. The van der Waals surface area contributed by atoms with Crippen LogP contribution in [0.2, 0.25) is 0 Å². The summed E-state index contributed by atoms with van der Waals surface area (Å²) >= 11 is 0. The zero-order valence-corrected chi connectivity index (χ0v) is 9.86. The molecule has 2 rings (SSSR count). The van der Waals surface area contributed by atoms with Crippen molar-refractivity contribution in [3.63, 3.8) is 0 Å². The van der Waals surface area contributed by atoms with E-state index in [0.29, 0.717) is 37.2 Å². The second-order valence-electron chi connectivity index (χ2n) is 4.24. The Morgan fingerprint density at radius 2 is 1.83 bits per heavy atom. The predicted molar refractivity (Wildman–Crippen MR) is 65.5 cm³/mol. The molecule has 1 saturated heterocycles. The molecule has 0 saturated carbocycles. The molecule has 6 nitrogen and oxygen atoms in total. The van der Waals surface area contributed by atoms with E-state index in [0.717, 1.165) is 0 Å². The fourth-order valence-electron chi connectivity index (χ4n) is 1.91. The molecule has 1 aliphatic heterocycles. The van der Waals surface area contributed by atoms with E-state index in [1.807, 2.05) is 0 Å². The molecule has 1 aromatic rings. The Balaban J connectivity index is 2.11. The van der Waals surface area contributed by atoms with Crippen molar-refractivity contribution in [2.45, 2.75) is 0 Å². The van der Waals surface area contributed by atoms with Gasteiger partial charge in [0.05, 0.1) is 0 Å². The number of amides is 1. The van der Waals surface area contributed by atoms with E-state index in [1.54, 1.807) is 23.1 Å². The molecule has 1 fully saturated rings. The van der Waals surface area contributed by atoms with Crippen LogP contribution < -0.4 is 5.46 Å². The Labute approximate surface area is 105 Å². The van der Waals surface area contributed by atoms with Crippen molar-refractivity contribution in [2.24, 2.45) is 0 Å². The van der Waals surface area contributed by atoms with E-state index in [4.69, 9.17) is 10.0 Å². The summed E-state index contributed by atoms with van der Waals surface area (Å²) in [5.41, 5.74) is 0.716. The first kappa shape index (κ1) is 13.0. The maximum absolute atomic E-state index is 12.1. The summed E-state index contributed by atoms with van der Waals surface area (Å²) in [6, 6.07) is 6.27. The van der Waals surface area contributed by atoms with Gasteiger partial charge in [-0.1, -0.05) is 12.1 Å². The topological polar surface area (TPSA) is 84.2 Å². The molecule has 96 valence electrons. The molecular weight excluding hydrogens is 235 g/mol. The van der Waals surface area contributed by atoms with Crippen LogP contribution in [-0.4, -0.2) is 64.4 Å². The largest absolute Gasteiger partial charge is 0.488 e. The number of hydroxylamine groups is 2. The van der Waals surface area contributed by atoms with Gasteiger partial charge in [-0.2, -0.15) is 5.06 Å². The van der Waals surface area contributed by atoms with Crippen molar-refractivity contribution in [3.8, 4) is 0 Å². The summed E-state index contributed by atoms with van der Waals surface area (Å²) in [5, 5.41) is 28.5. The number of hydrogen-bond acceptors (Lipinski definition) is 5. The third-order valence-electron chi connectivity index (χ3n) is 2.97. The number of nitrogens with zero attached hydrogens (tertiary/aromatic N) is 2. The van der Waals surface area contributed by atoms with Gasteiger partial charge in [0, 0.05) is 31.7 Å². The minimum atomic E-state index is -1.58. The van der Waals surface area contributed by atoms with Crippen LogP contribution in [0.15, 0.2) is 24.3 Å². The van der Waals surface area contributed by atoms with Crippen molar-refractivity contribution < 1.29 is 20.0 Å². The van der Waals surface area contributed by atoms with Crippen molar-refractivity contribution in [2.75, 3.05) is 26.2 Å². The van der Waals surface area contributed by atoms with Crippen LogP contribution in [0, 0.1) is 0 Å². The SMILES string of the molecule is O=C(c1cccc(B(O)O)c1)N1CCN(O)CC1. The van der Waals surface area contributed by atoms with Gasteiger partial charge in [-0.15, -0.1) is 0 Å². The Morgan fingerprint density at radius 1 is 1.17 bits per heavy atom. The van der Waals surface area contributed by atoms with E-state index >= 15 is 0 Å². The molecule has 1 aromatic carbocycles. The molecular formula is C11H15BN2O4. The van der Waals surface area contributed by atoms with E-state index in [-0.39, 0.29) is 5.91 Å². The Bertz CT molecular complexity index is 433. The summed E-state index contributed by atoms with van der Waals surface area (Å²) < 4.78 is 0. The van der Waals surface area contributed by atoms with Gasteiger partial charge in [-0.25, -0.2) is 0 Å². The average molecular weight is 250 g/mol. The third kappa shape index (κ3) is 2.88. The second-order valence-corrected chi connectivity index (χ2v) is 4.24. The number of piperazine rings is 1. The van der Waals surface area contributed by atoms with Gasteiger partial charge in [0.2, 0.25) is 0 Å². The van der Waals surface area contributed by atoms with Crippen LogP contribution in [0.3, 0.4) is 0 Å². The van der Waals surface area contributed by atoms with Gasteiger partial charge in [-0.3, -0.25) is 4.79 Å². The summed E-state index contributed by atoms with van der Waals surface area (Å²) in [4.78, 5) is 13.8. The zero-order valence-electron chi connectivity index (χ0n) is 9.86. The molecule has 0 aromatic heterocycles. The zero-order chi connectivity index (χ0) is 13.1. The van der Waals surface area contributed by atoms with Gasteiger partial charge >= 0.3 is 7.12 Å². The highest BCUT2D eigenvalue weighted by atomic mass is 16.5. The maximum atomic E-state index is 12.1. The molecule has 18 heavy (non-hydrogen) atoms. The molecule has 7 heteroatoms. The summed E-state index contributed by atoms with van der Waals surface area (Å²) in [5.74, 6) is -0.161. The Kier molecular flexibility index (Phi) is 3.98. The lowest BCUT2D eigenvalue weighted by Crippen LogP contribution is -2.47. The molecule has 0 aliphatic carbocycles. The van der Waals surface area contributed by atoms with Crippen molar-refractivity contribution in [1.82, 2.24) is 9.96 Å². The van der Waals surface area contributed by atoms with E-state index < -0.39 is 7.12 Å². The monoisotopic (exact) mass is 250 g/mol. The molecule has 0 radical (unpaired) electrons. The number of carbonyl (C=O) groups is 1. The molecule has 0 unspecified atom stereocenters. The number of carbonyl (C=O) groups excluding carboxylic acids is 1. The fraction of sp³-hybridized carbons (Fsp3) is 0.364. The minimum absolute atomic E-state index is 0.161. The second kappa shape index (κ2) is 5.49. The van der Waals surface area contributed by atoms with Crippen LogP contribution in [0.25, 0.3) is 0 Å². The lowest BCUT2D eigenvalue weighted by Gasteiger charge is -2.31. The normalized spacial score (nSPS) is 16.7. The summed E-state index contributed by atoms with van der Waals surface area (Å²) in [6.07, 6.45) is 0. The van der Waals surface area contributed by atoms with E-state index in [9.17, 15) is 10.0 Å². The first-order valence-corrected chi connectivity index (χ1v) is 5.77. The first-order chi connectivity index (χ1) is 8.58. The van der Waals surface area contributed by atoms with Gasteiger partial charge in [-0.05, 0) is 17.6 Å². The highest BCUT2D eigenvalue weighted by Gasteiger charge is 2.22. The van der Waals surface area contributed by atoms with Crippen molar-refractivity contribution in [3.05, 3.63) is 29.8 Å².